The highest BCUT2D eigenvalue weighted by atomic mass is 16.6. The lowest BCUT2D eigenvalue weighted by atomic mass is 10.0. The van der Waals surface area contributed by atoms with E-state index < -0.39 is 4.92 Å². The standard InChI is InChI=1S/C17H18N2O3/c1-11(2)13-7-9-14(10-8-13)18-17(20)15-5-4-6-16(12(15)3)19(21)22/h4-11H,1-3H3,(H,18,20). The minimum atomic E-state index is -0.483. The quantitative estimate of drug-likeness (QED) is 0.676. The first-order valence-corrected chi connectivity index (χ1v) is 7.05. The van der Waals surface area contributed by atoms with E-state index in [4.69, 9.17) is 0 Å². The van der Waals surface area contributed by atoms with E-state index in [0.717, 1.165) is 0 Å². The number of hydrogen-bond acceptors (Lipinski definition) is 3. The maximum atomic E-state index is 12.3. The zero-order chi connectivity index (χ0) is 16.3. The van der Waals surface area contributed by atoms with Crippen LogP contribution in [0.2, 0.25) is 0 Å². The largest absolute Gasteiger partial charge is 0.322 e. The van der Waals surface area contributed by atoms with E-state index in [0.29, 0.717) is 22.7 Å². The summed E-state index contributed by atoms with van der Waals surface area (Å²) in [6.07, 6.45) is 0. The molecule has 0 aromatic heterocycles. The van der Waals surface area contributed by atoms with Crippen molar-refractivity contribution in [2.24, 2.45) is 0 Å². The highest BCUT2D eigenvalue weighted by Gasteiger charge is 2.17. The Morgan fingerprint density at radius 2 is 1.77 bits per heavy atom. The molecule has 114 valence electrons. The summed E-state index contributed by atoms with van der Waals surface area (Å²) in [5.74, 6) is 0.0715. The van der Waals surface area contributed by atoms with Crippen molar-refractivity contribution in [3.8, 4) is 0 Å². The Labute approximate surface area is 129 Å². The Kier molecular flexibility index (Phi) is 4.56. The predicted octanol–water partition coefficient (Wildman–Crippen LogP) is 4.28. The van der Waals surface area contributed by atoms with Crippen LogP contribution in [0.5, 0.6) is 0 Å². The summed E-state index contributed by atoms with van der Waals surface area (Å²) in [6.45, 7) is 5.77. The average molecular weight is 298 g/mol. The summed E-state index contributed by atoms with van der Waals surface area (Å²) in [4.78, 5) is 22.7. The average Bonchev–Trinajstić information content (AvgIpc) is 2.47. The van der Waals surface area contributed by atoms with Gasteiger partial charge in [-0.25, -0.2) is 0 Å². The van der Waals surface area contributed by atoms with Gasteiger partial charge in [0, 0.05) is 22.9 Å². The number of nitro benzene ring substituents is 1. The second-order valence-electron chi connectivity index (χ2n) is 5.44. The first-order valence-electron chi connectivity index (χ1n) is 7.05. The molecule has 0 bridgehead atoms. The summed E-state index contributed by atoms with van der Waals surface area (Å²) in [5, 5.41) is 13.7. The van der Waals surface area contributed by atoms with E-state index >= 15 is 0 Å². The predicted molar refractivity (Wildman–Crippen MR) is 86.3 cm³/mol. The molecule has 5 nitrogen and oxygen atoms in total. The van der Waals surface area contributed by atoms with E-state index in [1.807, 2.05) is 24.3 Å². The minimum absolute atomic E-state index is 0.0530. The summed E-state index contributed by atoms with van der Waals surface area (Å²) in [7, 11) is 0. The van der Waals surface area contributed by atoms with Gasteiger partial charge in [-0.15, -0.1) is 0 Å². The van der Waals surface area contributed by atoms with Gasteiger partial charge in [0.1, 0.15) is 0 Å². The Morgan fingerprint density at radius 3 is 2.32 bits per heavy atom. The number of rotatable bonds is 4. The molecule has 2 aromatic rings. The fraction of sp³-hybridized carbons (Fsp3) is 0.235. The summed E-state index contributed by atoms with van der Waals surface area (Å²) in [5.41, 5.74) is 2.47. The number of nitrogens with one attached hydrogen (secondary N) is 1. The summed E-state index contributed by atoms with van der Waals surface area (Å²) in [6, 6.07) is 12.1. The molecule has 22 heavy (non-hydrogen) atoms. The van der Waals surface area contributed by atoms with Crippen molar-refractivity contribution in [2.75, 3.05) is 5.32 Å². The molecule has 2 aromatic carbocycles. The van der Waals surface area contributed by atoms with E-state index in [9.17, 15) is 14.9 Å². The Balaban J connectivity index is 2.22. The van der Waals surface area contributed by atoms with Crippen molar-refractivity contribution >= 4 is 17.3 Å². The van der Waals surface area contributed by atoms with Crippen LogP contribution in [-0.4, -0.2) is 10.8 Å². The molecule has 0 radical (unpaired) electrons. The number of nitrogens with zero attached hydrogens (tertiary/aromatic N) is 1. The zero-order valence-electron chi connectivity index (χ0n) is 12.8. The van der Waals surface area contributed by atoms with Crippen LogP contribution in [0.25, 0.3) is 0 Å². The second-order valence-corrected chi connectivity index (χ2v) is 5.44. The lowest BCUT2D eigenvalue weighted by Crippen LogP contribution is -2.14. The lowest BCUT2D eigenvalue weighted by Gasteiger charge is -2.10. The van der Waals surface area contributed by atoms with Crippen molar-refractivity contribution in [1.29, 1.82) is 0 Å². The third-order valence-corrected chi connectivity index (χ3v) is 3.58. The highest BCUT2D eigenvalue weighted by Crippen LogP contribution is 2.22. The topological polar surface area (TPSA) is 72.2 Å². The van der Waals surface area contributed by atoms with Crippen LogP contribution in [0, 0.1) is 17.0 Å². The van der Waals surface area contributed by atoms with Crippen LogP contribution in [0.1, 0.15) is 41.3 Å². The van der Waals surface area contributed by atoms with Crippen LogP contribution >= 0.6 is 0 Å². The van der Waals surface area contributed by atoms with Crippen LogP contribution in [-0.2, 0) is 0 Å². The molecular weight excluding hydrogens is 280 g/mol. The third kappa shape index (κ3) is 3.31. The normalized spacial score (nSPS) is 10.5. The van der Waals surface area contributed by atoms with Gasteiger partial charge in [0.05, 0.1) is 4.92 Å². The number of carbonyl (C=O) groups is 1. The van der Waals surface area contributed by atoms with Gasteiger partial charge < -0.3 is 5.32 Å². The second kappa shape index (κ2) is 6.39. The van der Waals surface area contributed by atoms with Gasteiger partial charge in [-0.3, -0.25) is 14.9 Å². The Hall–Kier alpha value is -2.69. The first kappa shape index (κ1) is 15.7. The maximum absolute atomic E-state index is 12.3. The molecule has 0 heterocycles. The van der Waals surface area contributed by atoms with Crippen LogP contribution < -0.4 is 5.32 Å². The van der Waals surface area contributed by atoms with E-state index in [2.05, 4.69) is 19.2 Å². The van der Waals surface area contributed by atoms with Gasteiger partial charge in [-0.1, -0.05) is 32.0 Å². The number of amides is 1. The van der Waals surface area contributed by atoms with Gasteiger partial charge >= 0.3 is 0 Å². The molecule has 0 unspecified atom stereocenters. The molecule has 0 aliphatic carbocycles. The maximum Gasteiger partial charge on any atom is 0.273 e. The molecule has 0 spiro atoms. The fourth-order valence-electron chi connectivity index (χ4n) is 2.22. The van der Waals surface area contributed by atoms with Crippen molar-refractivity contribution in [3.63, 3.8) is 0 Å². The van der Waals surface area contributed by atoms with E-state index in [1.54, 1.807) is 13.0 Å². The molecule has 0 saturated heterocycles. The van der Waals surface area contributed by atoms with Gasteiger partial charge in [-0.05, 0) is 36.6 Å². The monoisotopic (exact) mass is 298 g/mol. The Bertz CT molecular complexity index is 706. The van der Waals surface area contributed by atoms with E-state index in [-0.39, 0.29) is 11.6 Å². The summed E-state index contributed by atoms with van der Waals surface area (Å²) >= 11 is 0. The Morgan fingerprint density at radius 1 is 1.14 bits per heavy atom. The SMILES string of the molecule is Cc1c(C(=O)Nc2ccc(C(C)C)cc2)cccc1[N+](=O)[O-]. The minimum Gasteiger partial charge on any atom is -0.322 e. The number of carbonyl (C=O) groups excluding carboxylic acids is 1. The van der Waals surface area contributed by atoms with Gasteiger partial charge in [0.25, 0.3) is 11.6 Å². The number of hydrogen-bond donors (Lipinski definition) is 1. The van der Waals surface area contributed by atoms with Gasteiger partial charge in [0.2, 0.25) is 0 Å². The van der Waals surface area contributed by atoms with Crippen molar-refractivity contribution in [3.05, 3.63) is 69.3 Å². The van der Waals surface area contributed by atoms with Gasteiger partial charge in [-0.2, -0.15) is 0 Å². The van der Waals surface area contributed by atoms with Gasteiger partial charge in [0.15, 0.2) is 0 Å². The third-order valence-electron chi connectivity index (χ3n) is 3.58. The highest BCUT2D eigenvalue weighted by molar-refractivity contribution is 6.05. The van der Waals surface area contributed by atoms with Crippen LogP contribution in [0.3, 0.4) is 0 Å². The first-order chi connectivity index (χ1) is 10.4. The smallest absolute Gasteiger partial charge is 0.273 e. The van der Waals surface area contributed by atoms with E-state index in [1.165, 1.54) is 17.7 Å². The molecule has 0 atom stereocenters. The molecule has 1 N–H and O–H groups in total. The molecule has 0 saturated carbocycles. The summed E-state index contributed by atoms with van der Waals surface area (Å²) < 4.78 is 0. The van der Waals surface area contributed by atoms with Crippen molar-refractivity contribution in [2.45, 2.75) is 26.7 Å². The van der Waals surface area contributed by atoms with Crippen LogP contribution in [0.15, 0.2) is 42.5 Å². The number of nitro groups is 1. The zero-order valence-corrected chi connectivity index (χ0v) is 12.8. The molecule has 0 aliphatic heterocycles. The van der Waals surface area contributed by atoms with Crippen molar-refractivity contribution < 1.29 is 9.72 Å². The number of anilines is 1. The molecular formula is C17H18N2O3. The fourth-order valence-corrected chi connectivity index (χ4v) is 2.22. The van der Waals surface area contributed by atoms with Crippen LogP contribution in [0.4, 0.5) is 11.4 Å². The molecule has 0 fully saturated rings. The molecule has 2 rings (SSSR count). The molecule has 1 amide bonds. The number of benzene rings is 2. The van der Waals surface area contributed by atoms with Crippen molar-refractivity contribution in [1.82, 2.24) is 0 Å². The lowest BCUT2D eigenvalue weighted by molar-refractivity contribution is -0.385. The molecule has 0 aliphatic rings. The molecule has 5 heteroatoms.